The van der Waals surface area contributed by atoms with Crippen LogP contribution >= 0.6 is 0 Å². The molecule has 0 aliphatic carbocycles. The van der Waals surface area contributed by atoms with Crippen LogP contribution in [0.2, 0.25) is 0 Å². The number of nitrogens with two attached hydrogens (primary N) is 1. The Bertz CT molecular complexity index is 1350. The number of aromatic amines is 1. The fraction of sp³-hybridized carbons (Fsp3) is 0.0769. The number of anilines is 2. The maximum atomic E-state index is 6.17. The highest BCUT2D eigenvalue weighted by Gasteiger charge is 2.10. The molecule has 0 aliphatic rings. The third-order valence-electron chi connectivity index (χ3n) is 5.40. The summed E-state index contributed by atoms with van der Waals surface area (Å²) < 4.78 is 6.17. The highest BCUT2D eigenvalue weighted by atomic mass is 16.5. The zero-order chi connectivity index (χ0) is 21.8. The number of fused-ring (bicyclic) bond motifs is 1. The number of nitrogen functional groups attached to an aromatic ring is 1. The number of nitrogens with zero attached hydrogens (tertiary/aromatic N) is 2. The molecule has 0 bridgehead atoms. The van der Waals surface area contributed by atoms with Crippen LogP contribution in [0, 0.1) is 0 Å². The molecule has 0 fully saturated rings. The SMILES string of the molecule is Nc1ncccc1NCc1cc(-c2ccc3cc[nH]c3c2)ccc1OCc1ccncc1. The van der Waals surface area contributed by atoms with Crippen LogP contribution in [0.25, 0.3) is 22.0 Å². The van der Waals surface area contributed by atoms with Gasteiger partial charge < -0.3 is 20.8 Å². The second-order valence-corrected chi connectivity index (χ2v) is 7.54. The van der Waals surface area contributed by atoms with Crippen molar-refractivity contribution in [3.8, 4) is 16.9 Å². The Hall–Kier alpha value is -4.32. The summed E-state index contributed by atoms with van der Waals surface area (Å²) in [6.45, 7) is 1.03. The van der Waals surface area contributed by atoms with E-state index in [0.717, 1.165) is 39.2 Å². The van der Waals surface area contributed by atoms with Crippen LogP contribution in [0.15, 0.2) is 91.5 Å². The number of benzene rings is 2. The molecule has 0 aliphatic heterocycles. The van der Waals surface area contributed by atoms with Crippen LogP contribution in [0.1, 0.15) is 11.1 Å². The zero-order valence-corrected chi connectivity index (χ0v) is 17.5. The van der Waals surface area contributed by atoms with E-state index >= 15 is 0 Å². The maximum Gasteiger partial charge on any atom is 0.146 e. The van der Waals surface area contributed by atoms with Gasteiger partial charge in [-0.1, -0.05) is 18.2 Å². The maximum absolute atomic E-state index is 6.17. The summed E-state index contributed by atoms with van der Waals surface area (Å²) in [7, 11) is 0. The van der Waals surface area contributed by atoms with Gasteiger partial charge in [0.05, 0.1) is 5.69 Å². The largest absolute Gasteiger partial charge is 0.489 e. The topological polar surface area (TPSA) is 88.8 Å². The molecule has 32 heavy (non-hydrogen) atoms. The lowest BCUT2D eigenvalue weighted by Gasteiger charge is -2.15. The second kappa shape index (κ2) is 8.81. The molecule has 0 amide bonds. The summed E-state index contributed by atoms with van der Waals surface area (Å²) in [6, 6.07) is 22.5. The lowest BCUT2D eigenvalue weighted by molar-refractivity contribution is 0.303. The van der Waals surface area contributed by atoms with Crippen LogP contribution in [-0.2, 0) is 13.2 Å². The molecule has 2 aromatic carbocycles. The van der Waals surface area contributed by atoms with Crippen molar-refractivity contribution in [2.24, 2.45) is 0 Å². The van der Waals surface area contributed by atoms with E-state index in [1.54, 1.807) is 18.6 Å². The summed E-state index contributed by atoms with van der Waals surface area (Å²) >= 11 is 0. The Morgan fingerprint density at radius 2 is 1.75 bits per heavy atom. The minimum Gasteiger partial charge on any atom is -0.489 e. The molecule has 3 aromatic heterocycles. The highest BCUT2D eigenvalue weighted by Crippen LogP contribution is 2.30. The van der Waals surface area contributed by atoms with E-state index in [1.807, 2.05) is 36.5 Å². The van der Waals surface area contributed by atoms with Crippen LogP contribution in [0.3, 0.4) is 0 Å². The number of hydrogen-bond donors (Lipinski definition) is 3. The van der Waals surface area contributed by atoms with Crippen LogP contribution in [0.5, 0.6) is 5.75 Å². The summed E-state index contributed by atoms with van der Waals surface area (Å²) in [4.78, 5) is 11.5. The minimum absolute atomic E-state index is 0.471. The fourth-order valence-corrected chi connectivity index (χ4v) is 3.66. The van der Waals surface area contributed by atoms with Gasteiger partial charge in [0.15, 0.2) is 0 Å². The van der Waals surface area contributed by atoms with Crippen molar-refractivity contribution < 1.29 is 4.74 Å². The zero-order valence-electron chi connectivity index (χ0n) is 17.5. The quantitative estimate of drug-likeness (QED) is 0.327. The number of ether oxygens (including phenoxy) is 1. The van der Waals surface area contributed by atoms with E-state index in [2.05, 4.69) is 56.7 Å². The van der Waals surface area contributed by atoms with Crippen molar-refractivity contribution in [1.82, 2.24) is 15.0 Å². The van der Waals surface area contributed by atoms with Crippen molar-refractivity contribution in [2.45, 2.75) is 13.2 Å². The Morgan fingerprint density at radius 3 is 2.62 bits per heavy atom. The molecular formula is C26H23N5O. The summed E-state index contributed by atoms with van der Waals surface area (Å²) in [5, 5.41) is 4.58. The van der Waals surface area contributed by atoms with E-state index in [1.165, 1.54) is 5.39 Å². The molecule has 0 spiro atoms. The van der Waals surface area contributed by atoms with Gasteiger partial charge in [-0.3, -0.25) is 4.98 Å². The summed E-state index contributed by atoms with van der Waals surface area (Å²) in [6.07, 6.45) is 7.18. The first-order chi connectivity index (χ1) is 15.8. The Labute approximate surface area is 186 Å². The molecule has 0 radical (unpaired) electrons. The molecule has 5 rings (SSSR count). The summed E-state index contributed by atoms with van der Waals surface area (Å²) in [5.74, 6) is 1.29. The molecular weight excluding hydrogens is 398 g/mol. The third-order valence-corrected chi connectivity index (χ3v) is 5.40. The van der Waals surface area contributed by atoms with Crippen LogP contribution in [-0.4, -0.2) is 15.0 Å². The Kier molecular flexibility index (Phi) is 5.41. The molecule has 5 aromatic rings. The predicted molar refractivity (Wildman–Crippen MR) is 128 cm³/mol. The lowest BCUT2D eigenvalue weighted by atomic mass is 10.0. The molecule has 158 valence electrons. The van der Waals surface area contributed by atoms with E-state index in [0.29, 0.717) is 19.0 Å². The number of rotatable bonds is 7. The molecule has 6 nitrogen and oxygen atoms in total. The van der Waals surface area contributed by atoms with Crippen molar-refractivity contribution in [3.63, 3.8) is 0 Å². The third kappa shape index (κ3) is 4.25. The fourth-order valence-electron chi connectivity index (χ4n) is 3.66. The Morgan fingerprint density at radius 1 is 0.906 bits per heavy atom. The average molecular weight is 422 g/mol. The molecule has 3 heterocycles. The van der Waals surface area contributed by atoms with Gasteiger partial charge in [-0.25, -0.2) is 4.98 Å². The van der Waals surface area contributed by atoms with Gasteiger partial charge in [0.1, 0.15) is 18.2 Å². The predicted octanol–water partition coefficient (Wildman–Crippen LogP) is 5.40. The molecule has 4 N–H and O–H groups in total. The molecule has 0 saturated carbocycles. The van der Waals surface area contributed by atoms with Gasteiger partial charge in [-0.2, -0.15) is 0 Å². The lowest BCUT2D eigenvalue weighted by Crippen LogP contribution is -2.06. The first kappa shape index (κ1) is 19.6. The van der Waals surface area contributed by atoms with Crippen LogP contribution in [0.4, 0.5) is 11.5 Å². The number of H-pyrrole nitrogens is 1. The summed E-state index contributed by atoms with van der Waals surface area (Å²) in [5.41, 5.74) is 12.3. The van der Waals surface area contributed by atoms with Crippen molar-refractivity contribution in [3.05, 3.63) is 103 Å². The van der Waals surface area contributed by atoms with E-state index in [-0.39, 0.29) is 0 Å². The van der Waals surface area contributed by atoms with E-state index in [4.69, 9.17) is 10.5 Å². The normalized spacial score (nSPS) is 10.9. The van der Waals surface area contributed by atoms with Gasteiger partial charge in [0.25, 0.3) is 0 Å². The van der Waals surface area contributed by atoms with Crippen molar-refractivity contribution in [2.75, 3.05) is 11.1 Å². The van der Waals surface area contributed by atoms with Gasteiger partial charge >= 0.3 is 0 Å². The van der Waals surface area contributed by atoms with Crippen molar-refractivity contribution >= 4 is 22.4 Å². The van der Waals surface area contributed by atoms with E-state index in [9.17, 15) is 0 Å². The van der Waals surface area contributed by atoms with Gasteiger partial charge in [-0.05, 0) is 70.6 Å². The smallest absolute Gasteiger partial charge is 0.146 e. The average Bonchev–Trinajstić information content (AvgIpc) is 3.31. The van der Waals surface area contributed by atoms with Crippen molar-refractivity contribution in [1.29, 1.82) is 0 Å². The minimum atomic E-state index is 0.471. The molecule has 0 unspecified atom stereocenters. The van der Waals surface area contributed by atoms with Crippen LogP contribution < -0.4 is 15.8 Å². The molecule has 6 heteroatoms. The van der Waals surface area contributed by atoms with Gasteiger partial charge in [-0.15, -0.1) is 0 Å². The number of hydrogen-bond acceptors (Lipinski definition) is 5. The van der Waals surface area contributed by atoms with Gasteiger partial charge in [0, 0.05) is 42.4 Å². The monoisotopic (exact) mass is 421 g/mol. The highest BCUT2D eigenvalue weighted by molar-refractivity contribution is 5.85. The first-order valence-electron chi connectivity index (χ1n) is 10.4. The first-order valence-corrected chi connectivity index (χ1v) is 10.4. The number of pyridine rings is 2. The molecule has 0 saturated heterocycles. The number of nitrogens with one attached hydrogen (secondary N) is 2. The second-order valence-electron chi connectivity index (χ2n) is 7.54. The molecule has 0 atom stereocenters. The van der Waals surface area contributed by atoms with E-state index < -0.39 is 0 Å². The number of aromatic nitrogens is 3. The van der Waals surface area contributed by atoms with Gasteiger partial charge in [0.2, 0.25) is 0 Å². The Balaban J connectivity index is 1.45. The standard InChI is InChI=1S/C26H23N5O/c27-26-23(2-1-10-30-26)31-16-22-14-20(21-4-3-19-9-13-29-24(19)15-21)5-6-25(22)32-17-18-7-11-28-12-8-18/h1-15,29,31H,16-17H2,(H2,27,30).